The summed E-state index contributed by atoms with van der Waals surface area (Å²) >= 11 is 5.74. The summed E-state index contributed by atoms with van der Waals surface area (Å²) in [6.07, 6.45) is 1.37. The van der Waals surface area contributed by atoms with Gasteiger partial charge in [0.25, 0.3) is 0 Å². The normalized spacial score (nSPS) is 19.0. The number of carbonyl (C=O) groups excluding carboxylic acids is 2. The zero-order chi connectivity index (χ0) is 12.4. The SMILES string of the molecule is O=C1NC(C(=O)[O-])=C[C@H](c2ccc(Cl)cc2)N1. The van der Waals surface area contributed by atoms with E-state index in [1.807, 2.05) is 0 Å². The fraction of sp³-hybridized carbons (Fsp3) is 0.0909. The van der Waals surface area contributed by atoms with E-state index in [1.165, 1.54) is 6.08 Å². The molecule has 0 spiro atoms. The summed E-state index contributed by atoms with van der Waals surface area (Å²) in [4.78, 5) is 21.9. The highest BCUT2D eigenvalue weighted by molar-refractivity contribution is 6.30. The Morgan fingerprint density at radius 2 is 1.94 bits per heavy atom. The van der Waals surface area contributed by atoms with E-state index in [4.69, 9.17) is 11.6 Å². The second-order valence-corrected chi connectivity index (χ2v) is 3.93. The van der Waals surface area contributed by atoms with Crippen molar-refractivity contribution in [3.8, 4) is 0 Å². The number of benzene rings is 1. The predicted molar refractivity (Wildman–Crippen MR) is 59.0 cm³/mol. The van der Waals surface area contributed by atoms with E-state index in [-0.39, 0.29) is 5.70 Å². The first-order chi connectivity index (χ1) is 8.06. The van der Waals surface area contributed by atoms with E-state index in [0.29, 0.717) is 5.02 Å². The van der Waals surface area contributed by atoms with Gasteiger partial charge in [-0.1, -0.05) is 23.7 Å². The van der Waals surface area contributed by atoms with Crippen molar-refractivity contribution in [2.45, 2.75) is 6.04 Å². The van der Waals surface area contributed by atoms with Gasteiger partial charge in [-0.15, -0.1) is 0 Å². The number of amides is 2. The summed E-state index contributed by atoms with van der Waals surface area (Å²) in [5.41, 5.74) is 0.497. The van der Waals surface area contributed by atoms with Crippen molar-refractivity contribution in [2.75, 3.05) is 0 Å². The summed E-state index contributed by atoms with van der Waals surface area (Å²) in [6, 6.07) is 5.67. The summed E-state index contributed by atoms with van der Waals surface area (Å²) in [7, 11) is 0. The largest absolute Gasteiger partial charge is 0.543 e. The van der Waals surface area contributed by atoms with Crippen LogP contribution in [0.1, 0.15) is 11.6 Å². The minimum absolute atomic E-state index is 0.242. The van der Waals surface area contributed by atoms with Crippen molar-refractivity contribution < 1.29 is 14.7 Å². The molecule has 6 heteroatoms. The highest BCUT2D eigenvalue weighted by Gasteiger charge is 2.19. The molecular weight excluding hydrogens is 244 g/mol. The number of nitrogens with one attached hydrogen (secondary N) is 2. The molecule has 1 atom stereocenters. The molecule has 0 radical (unpaired) electrons. The van der Waals surface area contributed by atoms with E-state index in [0.717, 1.165) is 5.56 Å². The van der Waals surface area contributed by atoms with Gasteiger partial charge in [-0.05, 0) is 23.8 Å². The molecule has 2 N–H and O–H groups in total. The van der Waals surface area contributed by atoms with E-state index in [9.17, 15) is 14.7 Å². The van der Waals surface area contributed by atoms with Gasteiger partial charge >= 0.3 is 6.03 Å². The summed E-state index contributed by atoms with van der Waals surface area (Å²) in [6.45, 7) is 0. The first kappa shape index (κ1) is 11.5. The lowest BCUT2D eigenvalue weighted by atomic mass is 10.0. The van der Waals surface area contributed by atoms with Gasteiger partial charge in [0.15, 0.2) is 0 Å². The van der Waals surface area contributed by atoms with Crippen LogP contribution in [0.2, 0.25) is 5.02 Å². The van der Waals surface area contributed by atoms with Crippen LogP contribution in [0.15, 0.2) is 36.0 Å². The molecule has 0 saturated carbocycles. The summed E-state index contributed by atoms with van der Waals surface area (Å²) < 4.78 is 0. The first-order valence-corrected chi connectivity index (χ1v) is 5.20. The molecule has 1 aliphatic rings. The van der Waals surface area contributed by atoms with Crippen LogP contribution < -0.4 is 15.7 Å². The second kappa shape index (κ2) is 4.47. The second-order valence-electron chi connectivity index (χ2n) is 3.50. The summed E-state index contributed by atoms with van der Waals surface area (Å²) in [5, 5.41) is 16.0. The molecule has 1 aromatic rings. The van der Waals surface area contributed by atoms with Crippen LogP contribution in [-0.4, -0.2) is 12.0 Å². The maximum absolute atomic E-state index is 11.2. The molecule has 0 aliphatic carbocycles. The number of halogens is 1. The molecule has 2 amide bonds. The average Bonchev–Trinajstić information content (AvgIpc) is 2.29. The van der Waals surface area contributed by atoms with Crippen molar-refractivity contribution in [3.63, 3.8) is 0 Å². The third kappa shape index (κ3) is 2.57. The fourth-order valence-electron chi connectivity index (χ4n) is 1.52. The number of rotatable bonds is 2. The lowest BCUT2D eigenvalue weighted by Crippen LogP contribution is -2.46. The van der Waals surface area contributed by atoms with E-state index < -0.39 is 18.0 Å². The number of hydrogen-bond donors (Lipinski definition) is 2. The maximum Gasteiger partial charge on any atom is 0.320 e. The van der Waals surface area contributed by atoms with E-state index in [2.05, 4.69) is 10.6 Å². The minimum Gasteiger partial charge on any atom is -0.543 e. The van der Waals surface area contributed by atoms with E-state index >= 15 is 0 Å². The average molecular weight is 252 g/mol. The Morgan fingerprint density at radius 1 is 1.29 bits per heavy atom. The van der Waals surface area contributed by atoms with Gasteiger partial charge in [0.05, 0.1) is 17.7 Å². The van der Waals surface area contributed by atoms with Crippen LogP contribution in [0, 0.1) is 0 Å². The maximum atomic E-state index is 11.2. The van der Waals surface area contributed by atoms with Crippen molar-refractivity contribution in [2.24, 2.45) is 0 Å². The van der Waals surface area contributed by atoms with Crippen molar-refractivity contribution in [1.82, 2.24) is 10.6 Å². The third-order valence-corrected chi connectivity index (χ3v) is 2.57. The van der Waals surface area contributed by atoms with Gasteiger partial charge in [-0.25, -0.2) is 4.79 Å². The Hall–Kier alpha value is -2.01. The third-order valence-electron chi connectivity index (χ3n) is 2.32. The number of hydrogen-bond acceptors (Lipinski definition) is 3. The lowest BCUT2D eigenvalue weighted by molar-refractivity contribution is -0.299. The Bertz CT molecular complexity index is 496. The predicted octanol–water partition coefficient (Wildman–Crippen LogP) is 0.328. The Balaban J connectivity index is 2.32. The van der Waals surface area contributed by atoms with Crippen LogP contribution in [0.5, 0.6) is 0 Å². The number of carbonyl (C=O) groups is 2. The molecular formula is C11H8ClN2O3-. The molecule has 17 heavy (non-hydrogen) atoms. The molecule has 88 valence electrons. The molecule has 0 fully saturated rings. The number of urea groups is 1. The molecule has 1 aromatic carbocycles. The molecule has 2 rings (SSSR count). The molecule has 0 bridgehead atoms. The molecule has 1 heterocycles. The van der Waals surface area contributed by atoms with Gasteiger partial charge in [0.1, 0.15) is 0 Å². The van der Waals surface area contributed by atoms with Gasteiger partial charge in [-0.3, -0.25) is 0 Å². The van der Waals surface area contributed by atoms with Crippen molar-refractivity contribution in [1.29, 1.82) is 0 Å². The van der Waals surface area contributed by atoms with Crippen molar-refractivity contribution in [3.05, 3.63) is 46.6 Å². The van der Waals surface area contributed by atoms with Crippen LogP contribution in [0.25, 0.3) is 0 Å². The fourth-order valence-corrected chi connectivity index (χ4v) is 1.64. The highest BCUT2D eigenvalue weighted by atomic mass is 35.5. The van der Waals surface area contributed by atoms with Crippen LogP contribution >= 0.6 is 11.6 Å². The Kier molecular flexibility index (Phi) is 3.01. The van der Waals surface area contributed by atoms with Crippen LogP contribution in [-0.2, 0) is 4.79 Å². The quantitative estimate of drug-likeness (QED) is 0.795. The first-order valence-electron chi connectivity index (χ1n) is 4.82. The number of carboxylic acid groups (broad SMARTS) is 1. The zero-order valence-electron chi connectivity index (χ0n) is 8.57. The molecule has 0 saturated heterocycles. The Labute approximate surface area is 102 Å². The van der Waals surface area contributed by atoms with Gasteiger partial charge < -0.3 is 20.5 Å². The molecule has 0 aromatic heterocycles. The topological polar surface area (TPSA) is 81.3 Å². The van der Waals surface area contributed by atoms with Crippen molar-refractivity contribution >= 4 is 23.6 Å². The highest BCUT2D eigenvalue weighted by Crippen LogP contribution is 2.20. The summed E-state index contributed by atoms with van der Waals surface area (Å²) in [5.74, 6) is -1.42. The number of carboxylic acids is 1. The number of aliphatic carboxylic acids is 1. The minimum atomic E-state index is -1.42. The van der Waals surface area contributed by atoms with Gasteiger partial charge in [0, 0.05) is 5.02 Å². The van der Waals surface area contributed by atoms with E-state index in [1.54, 1.807) is 24.3 Å². The zero-order valence-corrected chi connectivity index (χ0v) is 9.32. The monoisotopic (exact) mass is 251 g/mol. The molecule has 5 nitrogen and oxygen atoms in total. The smallest absolute Gasteiger partial charge is 0.320 e. The molecule has 0 unspecified atom stereocenters. The van der Waals surface area contributed by atoms with Crippen LogP contribution in [0.3, 0.4) is 0 Å². The lowest BCUT2D eigenvalue weighted by Gasteiger charge is -2.24. The van der Waals surface area contributed by atoms with Gasteiger partial charge in [0.2, 0.25) is 0 Å². The van der Waals surface area contributed by atoms with Crippen LogP contribution in [0.4, 0.5) is 4.79 Å². The van der Waals surface area contributed by atoms with Gasteiger partial charge in [-0.2, -0.15) is 0 Å². The standard InChI is InChI=1S/C11H9ClN2O3/c12-7-3-1-6(2-4-7)8-5-9(10(15)16)14-11(17)13-8/h1-5,8H,(H,15,16)(H2,13,14,17)/p-1/t8-/m1/s1. The molecule has 1 aliphatic heterocycles. The Morgan fingerprint density at radius 3 is 2.53 bits per heavy atom.